The number of aromatic nitrogens is 1. The summed E-state index contributed by atoms with van der Waals surface area (Å²) in [6, 6.07) is 12.9. The van der Waals surface area contributed by atoms with E-state index in [0.29, 0.717) is 23.6 Å². The molecule has 0 aliphatic rings. The van der Waals surface area contributed by atoms with Crippen LogP contribution < -0.4 is 9.47 Å². The average molecular weight is 398 g/mol. The summed E-state index contributed by atoms with van der Waals surface area (Å²) in [6.45, 7) is 0.433. The first-order chi connectivity index (χ1) is 13.5. The third kappa shape index (κ3) is 4.48. The predicted molar refractivity (Wildman–Crippen MR) is 109 cm³/mol. The van der Waals surface area contributed by atoms with E-state index in [2.05, 4.69) is 4.98 Å². The van der Waals surface area contributed by atoms with Gasteiger partial charge in [-0.25, -0.2) is 4.98 Å². The van der Waals surface area contributed by atoms with E-state index >= 15 is 0 Å². The number of hydrogen-bond donors (Lipinski definition) is 0. The number of fused-ring (bicyclic) bond motifs is 1. The molecule has 146 valence electrons. The number of hydrogen-bond acceptors (Lipinski definition) is 6. The average Bonchev–Trinajstić information content (AvgIpc) is 3.13. The highest BCUT2D eigenvalue weighted by Gasteiger charge is 2.16. The SMILES string of the molecule is COc1ccc(C(=O)CCC(=O)N(C)Cc2nc3ccccc3s2)cc1OC. The lowest BCUT2D eigenvalue weighted by atomic mass is 10.1. The van der Waals surface area contributed by atoms with E-state index in [1.165, 1.54) is 7.11 Å². The number of carbonyl (C=O) groups is 2. The quantitative estimate of drug-likeness (QED) is 0.538. The molecule has 0 saturated carbocycles. The minimum atomic E-state index is -0.109. The zero-order valence-corrected chi connectivity index (χ0v) is 16.9. The Morgan fingerprint density at radius 3 is 2.50 bits per heavy atom. The van der Waals surface area contributed by atoms with Crippen molar-refractivity contribution in [2.24, 2.45) is 0 Å². The highest BCUT2D eigenvalue weighted by molar-refractivity contribution is 7.18. The third-order valence-electron chi connectivity index (χ3n) is 4.41. The Hall–Kier alpha value is -2.93. The number of benzene rings is 2. The highest BCUT2D eigenvalue weighted by atomic mass is 32.1. The van der Waals surface area contributed by atoms with Crippen molar-refractivity contribution in [3.8, 4) is 11.5 Å². The Bertz CT molecular complexity index is 966. The van der Waals surface area contributed by atoms with Crippen LogP contribution in [0.3, 0.4) is 0 Å². The van der Waals surface area contributed by atoms with E-state index in [1.807, 2.05) is 24.3 Å². The molecular formula is C21H22N2O4S. The Morgan fingerprint density at radius 2 is 1.79 bits per heavy atom. The molecule has 0 N–H and O–H groups in total. The number of ketones is 1. The van der Waals surface area contributed by atoms with Gasteiger partial charge < -0.3 is 14.4 Å². The lowest BCUT2D eigenvalue weighted by Gasteiger charge is -2.15. The lowest BCUT2D eigenvalue weighted by Crippen LogP contribution is -2.26. The fourth-order valence-electron chi connectivity index (χ4n) is 2.84. The normalized spacial score (nSPS) is 10.7. The molecule has 3 rings (SSSR count). The van der Waals surface area contributed by atoms with Gasteiger partial charge in [-0.05, 0) is 30.3 Å². The monoisotopic (exact) mass is 398 g/mol. The van der Waals surface area contributed by atoms with E-state index in [0.717, 1.165) is 15.2 Å². The van der Waals surface area contributed by atoms with Crippen molar-refractivity contribution in [1.29, 1.82) is 0 Å². The molecule has 0 radical (unpaired) electrons. The number of thiazole rings is 1. The van der Waals surface area contributed by atoms with Crippen LogP contribution in [0.15, 0.2) is 42.5 Å². The Morgan fingerprint density at radius 1 is 1.04 bits per heavy atom. The van der Waals surface area contributed by atoms with Crippen molar-refractivity contribution in [2.45, 2.75) is 19.4 Å². The van der Waals surface area contributed by atoms with Gasteiger partial charge in [0.05, 0.1) is 31.0 Å². The maximum Gasteiger partial charge on any atom is 0.223 e. The highest BCUT2D eigenvalue weighted by Crippen LogP contribution is 2.28. The molecule has 1 amide bonds. The molecule has 0 bridgehead atoms. The molecule has 1 heterocycles. The van der Waals surface area contributed by atoms with Crippen LogP contribution in [0.2, 0.25) is 0 Å². The molecule has 0 aliphatic heterocycles. The number of rotatable bonds is 8. The summed E-state index contributed by atoms with van der Waals surface area (Å²) in [7, 11) is 4.79. The Labute approximate surface area is 167 Å². The van der Waals surface area contributed by atoms with Crippen LogP contribution in [0, 0.1) is 0 Å². The molecule has 0 saturated heterocycles. The van der Waals surface area contributed by atoms with E-state index < -0.39 is 0 Å². The number of Topliss-reactive ketones (excluding diaryl/α,β-unsaturated/α-hetero) is 1. The predicted octanol–water partition coefficient (Wildman–Crippen LogP) is 3.94. The maximum absolute atomic E-state index is 12.4. The smallest absolute Gasteiger partial charge is 0.223 e. The van der Waals surface area contributed by atoms with E-state index in [1.54, 1.807) is 48.6 Å². The van der Waals surface area contributed by atoms with Gasteiger partial charge in [0.15, 0.2) is 17.3 Å². The number of ether oxygens (including phenoxy) is 2. The van der Waals surface area contributed by atoms with Crippen molar-refractivity contribution in [1.82, 2.24) is 9.88 Å². The molecule has 6 nitrogen and oxygen atoms in total. The van der Waals surface area contributed by atoms with Crippen LogP contribution in [0.5, 0.6) is 11.5 Å². The fraction of sp³-hybridized carbons (Fsp3) is 0.286. The first-order valence-corrected chi connectivity index (χ1v) is 9.67. The second-order valence-corrected chi connectivity index (χ2v) is 7.43. The second-order valence-electron chi connectivity index (χ2n) is 6.32. The van der Waals surface area contributed by atoms with Crippen LogP contribution in [0.25, 0.3) is 10.2 Å². The number of methoxy groups -OCH3 is 2. The molecule has 7 heteroatoms. The maximum atomic E-state index is 12.4. The van der Waals surface area contributed by atoms with Gasteiger partial charge >= 0.3 is 0 Å². The molecule has 2 aromatic carbocycles. The topological polar surface area (TPSA) is 68.7 Å². The van der Waals surface area contributed by atoms with Gasteiger partial charge in [0.1, 0.15) is 5.01 Å². The largest absolute Gasteiger partial charge is 0.493 e. The number of amides is 1. The number of carbonyl (C=O) groups excluding carboxylic acids is 2. The fourth-order valence-corrected chi connectivity index (χ4v) is 3.86. The molecule has 1 aromatic heterocycles. The first-order valence-electron chi connectivity index (χ1n) is 8.85. The summed E-state index contributed by atoms with van der Waals surface area (Å²) in [6.07, 6.45) is 0.285. The molecular weight excluding hydrogens is 376 g/mol. The van der Waals surface area contributed by atoms with E-state index in [-0.39, 0.29) is 24.5 Å². The molecule has 3 aromatic rings. The standard InChI is InChI=1S/C21H22N2O4S/c1-23(13-20-22-15-6-4-5-7-19(15)28-20)21(25)11-9-16(24)14-8-10-17(26-2)18(12-14)27-3/h4-8,10,12H,9,11,13H2,1-3H3. The van der Waals surface area contributed by atoms with Gasteiger partial charge in [-0.2, -0.15) is 0 Å². The summed E-state index contributed by atoms with van der Waals surface area (Å²) in [5.74, 6) is 0.856. The van der Waals surface area contributed by atoms with Crippen LogP contribution in [0.1, 0.15) is 28.2 Å². The van der Waals surface area contributed by atoms with Crippen LogP contribution in [-0.2, 0) is 11.3 Å². The van der Waals surface area contributed by atoms with Gasteiger partial charge in [0.2, 0.25) is 5.91 Å². The molecule has 0 spiro atoms. The zero-order valence-electron chi connectivity index (χ0n) is 16.1. The van der Waals surface area contributed by atoms with Crippen molar-refractivity contribution in [3.63, 3.8) is 0 Å². The molecule has 28 heavy (non-hydrogen) atoms. The summed E-state index contributed by atoms with van der Waals surface area (Å²) in [4.78, 5) is 31.0. The van der Waals surface area contributed by atoms with Crippen molar-refractivity contribution < 1.29 is 19.1 Å². The van der Waals surface area contributed by atoms with Crippen molar-refractivity contribution >= 4 is 33.2 Å². The van der Waals surface area contributed by atoms with Crippen LogP contribution in [0.4, 0.5) is 0 Å². The Kier molecular flexibility index (Phi) is 6.26. The van der Waals surface area contributed by atoms with Gasteiger partial charge in [0.25, 0.3) is 0 Å². The van der Waals surface area contributed by atoms with E-state index in [9.17, 15) is 9.59 Å². The van der Waals surface area contributed by atoms with E-state index in [4.69, 9.17) is 9.47 Å². The first kappa shape index (κ1) is 19.8. The van der Waals surface area contributed by atoms with Gasteiger partial charge in [-0.1, -0.05) is 12.1 Å². The summed E-state index contributed by atoms with van der Waals surface area (Å²) in [5.41, 5.74) is 1.44. The number of para-hydroxylation sites is 1. The third-order valence-corrected chi connectivity index (χ3v) is 5.43. The van der Waals surface area contributed by atoms with Crippen LogP contribution in [-0.4, -0.2) is 42.8 Å². The molecule has 0 aliphatic carbocycles. The van der Waals surface area contributed by atoms with Crippen molar-refractivity contribution in [3.05, 3.63) is 53.0 Å². The van der Waals surface area contributed by atoms with Gasteiger partial charge in [-0.15, -0.1) is 11.3 Å². The van der Waals surface area contributed by atoms with Gasteiger partial charge in [0, 0.05) is 25.5 Å². The van der Waals surface area contributed by atoms with Crippen LogP contribution >= 0.6 is 11.3 Å². The number of nitrogens with zero attached hydrogens (tertiary/aromatic N) is 2. The minimum Gasteiger partial charge on any atom is -0.493 e. The van der Waals surface area contributed by atoms with Crippen molar-refractivity contribution in [2.75, 3.05) is 21.3 Å². The minimum absolute atomic E-state index is 0.0897. The van der Waals surface area contributed by atoms with Gasteiger partial charge in [-0.3, -0.25) is 9.59 Å². The second kappa shape index (κ2) is 8.84. The summed E-state index contributed by atoms with van der Waals surface area (Å²) >= 11 is 1.57. The lowest BCUT2D eigenvalue weighted by molar-refractivity contribution is -0.130. The molecule has 0 atom stereocenters. The zero-order chi connectivity index (χ0) is 20.1. The summed E-state index contributed by atoms with van der Waals surface area (Å²) < 4.78 is 11.5. The molecule has 0 fully saturated rings. The molecule has 0 unspecified atom stereocenters. The Balaban J connectivity index is 1.57. The summed E-state index contributed by atoms with van der Waals surface area (Å²) in [5, 5.41) is 0.878.